The van der Waals surface area contributed by atoms with Gasteiger partial charge in [-0.3, -0.25) is 14.2 Å². The molecule has 1 amide bonds. The Hall–Kier alpha value is -4.58. The maximum Gasteiger partial charge on any atom is 0.308 e. The number of fused-ring (bicyclic) bond motifs is 1. The fourth-order valence-corrected chi connectivity index (χ4v) is 5.39. The Bertz CT molecular complexity index is 1860. The molecule has 0 aliphatic carbocycles. The summed E-state index contributed by atoms with van der Waals surface area (Å²) in [5.41, 5.74) is 3.70. The zero-order valence-corrected chi connectivity index (χ0v) is 25.8. The lowest BCUT2D eigenvalue weighted by atomic mass is 10.1. The number of hydrazone groups is 1. The first-order chi connectivity index (χ1) is 21.3. The summed E-state index contributed by atoms with van der Waals surface area (Å²) in [5, 5.41) is 16.1. The van der Waals surface area contributed by atoms with Crippen molar-refractivity contribution < 1.29 is 23.8 Å². The van der Waals surface area contributed by atoms with Gasteiger partial charge in [-0.05, 0) is 64.9 Å². The fraction of sp³-hybridized carbons (Fsp3) is 0.129. The maximum atomic E-state index is 12.6. The summed E-state index contributed by atoms with van der Waals surface area (Å²) in [7, 11) is 1.46. The van der Waals surface area contributed by atoms with Gasteiger partial charge in [0, 0.05) is 11.9 Å². The number of aromatic nitrogens is 3. The van der Waals surface area contributed by atoms with E-state index in [0.717, 1.165) is 22.5 Å². The zero-order valence-electron chi connectivity index (χ0n) is 23.5. The molecular weight excluding hydrogens is 625 g/mol. The van der Waals surface area contributed by atoms with Gasteiger partial charge in [0.15, 0.2) is 22.5 Å². The van der Waals surface area contributed by atoms with E-state index in [1.54, 1.807) is 41.0 Å². The van der Waals surface area contributed by atoms with Crippen LogP contribution < -0.4 is 19.6 Å². The molecule has 0 bridgehead atoms. The van der Waals surface area contributed by atoms with Gasteiger partial charge in [0.1, 0.15) is 12.4 Å². The van der Waals surface area contributed by atoms with E-state index in [4.69, 9.17) is 37.4 Å². The molecule has 5 rings (SSSR count). The molecule has 0 saturated carbocycles. The molecule has 0 fully saturated rings. The third kappa shape index (κ3) is 7.67. The third-order valence-corrected chi connectivity index (χ3v) is 7.58. The first kappa shape index (κ1) is 30.9. The Labute approximate surface area is 266 Å². The predicted octanol–water partition coefficient (Wildman–Crippen LogP) is 6.48. The van der Waals surface area contributed by atoms with Crippen LogP contribution in [-0.2, 0) is 16.2 Å². The molecule has 44 heavy (non-hydrogen) atoms. The summed E-state index contributed by atoms with van der Waals surface area (Å²) >= 11 is 13.8. The maximum absolute atomic E-state index is 12.6. The second kappa shape index (κ2) is 14.3. The molecule has 5 aromatic rings. The molecule has 0 spiro atoms. The molecule has 0 atom stereocenters. The number of hydrogen-bond acceptors (Lipinski definition) is 9. The van der Waals surface area contributed by atoms with E-state index in [1.165, 1.54) is 20.2 Å². The van der Waals surface area contributed by atoms with Crippen molar-refractivity contribution in [1.29, 1.82) is 0 Å². The highest BCUT2D eigenvalue weighted by Crippen LogP contribution is 2.31. The molecule has 13 heteroatoms. The minimum absolute atomic E-state index is 0.0130. The quantitative estimate of drug-likeness (QED) is 0.0568. The third-order valence-electron chi connectivity index (χ3n) is 6.12. The van der Waals surface area contributed by atoms with Crippen LogP contribution in [0.5, 0.6) is 17.2 Å². The predicted molar refractivity (Wildman–Crippen MR) is 170 cm³/mol. The number of nitrogens with zero attached hydrogens (tertiary/aromatic N) is 4. The number of carbonyl (C=O) groups is 2. The number of ether oxygens (including phenoxy) is 3. The SMILES string of the molecule is COc1cc(/C=N/NC(=O)CSc2nnc(COc3ccc4ccccc4c3)n2-c2ccc(Cl)cc2Cl)ccc1OC(C)=O. The van der Waals surface area contributed by atoms with E-state index in [2.05, 4.69) is 20.7 Å². The first-order valence-corrected chi connectivity index (χ1v) is 14.9. The van der Waals surface area contributed by atoms with Crippen molar-refractivity contribution in [1.82, 2.24) is 20.2 Å². The zero-order chi connectivity index (χ0) is 31.1. The minimum Gasteiger partial charge on any atom is -0.493 e. The lowest BCUT2D eigenvalue weighted by Crippen LogP contribution is -2.20. The number of halogens is 2. The van der Waals surface area contributed by atoms with Crippen molar-refractivity contribution in [3.8, 4) is 22.9 Å². The van der Waals surface area contributed by atoms with Gasteiger partial charge in [-0.1, -0.05) is 65.3 Å². The lowest BCUT2D eigenvalue weighted by molar-refractivity contribution is -0.132. The van der Waals surface area contributed by atoms with Crippen LogP contribution in [0.15, 0.2) is 89.1 Å². The molecule has 4 aromatic carbocycles. The van der Waals surface area contributed by atoms with E-state index in [1.807, 2.05) is 42.5 Å². The van der Waals surface area contributed by atoms with Gasteiger partial charge in [0.25, 0.3) is 5.91 Å². The Morgan fingerprint density at radius 1 is 0.977 bits per heavy atom. The Balaban J connectivity index is 1.28. The van der Waals surface area contributed by atoms with E-state index in [0.29, 0.717) is 43.8 Å². The average Bonchev–Trinajstić information content (AvgIpc) is 3.41. The van der Waals surface area contributed by atoms with Gasteiger partial charge in [-0.2, -0.15) is 5.10 Å². The highest BCUT2D eigenvalue weighted by Gasteiger charge is 2.19. The first-order valence-electron chi connectivity index (χ1n) is 13.1. The summed E-state index contributed by atoms with van der Waals surface area (Å²) in [6.45, 7) is 1.40. The highest BCUT2D eigenvalue weighted by molar-refractivity contribution is 7.99. The van der Waals surface area contributed by atoms with Crippen molar-refractivity contribution in [3.63, 3.8) is 0 Å². The topological polar surface area (TPSA) is 117 Å². The Morgan fingerprint density at radius 3 is 2.57 bits per heavy atom. The Morgan fingerprint density at radius 2 is 1.80 bits per heavy atom. The van der Waals surface area contributed by atoms with Crippen molar-refractivity contribution in [2.75, 3.05) is 12.9 Å². The van der Waals surface area contributed by atoms with Crippen molar-refractivity contribution in [2.45, 2.75) is 18.7 Å². The van der Waals surface area contributed by atoms with Crippen LogP contribution >= 0.6 is 35.0 Å². The van der Waals surface area contributed by atoms with Gasteiger partial charge in [-0.15, -0.1) is 10.2 Å². The summed E-state index contributed by atoms with van der Waals surface area (Å²) in [6.07, 6.45) is 1.45. The highest BCUT2D eigenvalue weighted by atomic mass is 35.5. The normalized spacial score (nSPS) is 11.1. The number of benzene rings is 4. The standard InChI is InChI=1S/C31H25Cl2N5O5S/c1-19(39)43-27-12-7-20(13-28(27)41-2)16-34-36-30(40)18-44-31-37-35-29(38(31)26-11-9-23(32)15-25(26)33)17-42-24-10-8-21-5-3-4-6-22(21)14-24/h3-16H,17-18H2,1-2H3,(H,36,40)/b34-16+. The molecule has 1 N–H and O–H groups in total. The molecule has 0 aliphatic rings. The van der Waals surface area contributed by atoms with E-state index < -0.39 is 5.97 Å². The lowest BCUT2D eigenvalue weighted by Gasteiger charge is -2.13. The summed E-state index contributed by atoms with van der Waals surface area (Å²) < 4.78 is 18.2. The number of carbonyl (C=O) groups excluding carboxylic acids is 2. The molecule has 1 aromatic heterocycles. The average molecular weight is 651 g/mol. The van der Waals surface area contributed by atoms with E-state index >= 15 is 0 Å². The van der Waals surface area contributed by atoms with Crippen LogP contribution in [0.3, 0.4) is 0 Å². The molecule has 0 aliphatic heterocycles. The fourth-order valence-electron chi connectivity index (χ4n) is 4.14. The number of thioether (sulfide) groups is 1. The summed E-state index contributed by atoms with van der Waals surface area (Å²) in [6, 6.07) is 23.8. The molecule has 0 radical (unpaired) electrons. The number of amides is 1. The van der Waals surface area contributed by atoms with Crippen LogP contribution in [0, 0.1) is 0 Å². The molecule has 0 unspecified atom stereocenters. The largest absolute Gasteiger partial charge is 0.493 e. The van der Waals surface area contributed by atoms with Crippen molar-refractivity contribution >= 4 is 63.8 Å². The van der Waals surface area contributed by atoms with Crippen LogP contribution in [0.25, 0.3) is 16.5 Å². The van der Waals surface area contributed by atoms with Gasteiger partial charge >= 0.3 is 5.97 Å². The molecule has 0 saturated heterocycles. The number of rotatable bonds is 11. The number of methoxy groups -OCH3 is 1. The molecule has 224 valence electrons. The number of nitrogens with one attached hydrogen (secondary N) is 1. The monoisotopic (exact) mass is 649 g/mol. The van der Waals surface area contributed by atoms with E-state index in [9.17, 15) is 9.59 Å². The number of hydrogen-bond donors (Lipinski definition) is 1. The van der Waals surface area contributed by atoms with Gasteiger partial charge in [0.2, 0.25) is 0 Å². The van der Waals surface area contributed by atoms with Gasteiger partial charge in [0.05, 0.1) is 29.8 Å². The van der Waals surface area contributed by atoms with Gasteiger partial charge in [-0.25, -0.2) is 5.43 Å². The van der Waals surface area contributed by atoms with Crippen LogP contribution in [-0.4, -0.2) is 45.7 Å². The summed E-state index contributed by atoms with van der Waals surface area (Å²) in [4.78, 5) is 23.9. The van der Waals surface area contributed by atoms with Crippen LogP contribution in [0.1, 0.15) is 18.3 Å². The smallest absolute Gasteiger partial charge is 0.308 e. The van der Waals surface area contributed by atoms with Gasteiger partial charge < -0.3 is 14.2 Å². The van der Waals surface area contributed by atoms with Crippen molar-refractivity contribution in [3.05, 3.63) is 100 Å². The molecule has 1 heterocycles. The second-order valence-corrected chi connectivity index (χ2v) is 11.0. The minimum atomic E-state index is -0.465. The molecular formula is C31H25Cl2N5O5S. The molecule has 10 nitrogen and oxygen atoms in total. The Kier molecular flexibility index (Phi) is 10.0. The van der Waals surface area contributed by atoms with E-state index in [-0.39, 0.29) is 24.0 Å². The number of esters is 1. The van der Waals surface area contributed by atoms with Crippen molar-refractivity contribution in [2.24, 2.45) is 5.10 Å². The second-order valence-electron chi connectivity index (χ2n) is 9.21. The summed E-state index contributed by atoms with van der Waals surface area (Å²) in [5.74, 6) is 0.936. The van der Waals surface area contributed by atoms with Crippen LogP contribution in [0.2, 0.25) is 10.0 Å². The van der Waals surface area contributed by atoms with Crippen LogP contribution in [0.4, 0.5) is 0 Å².